The van der Waals surface area contributed by atoms with Crippen molar-refractivity contribution in [1.82, 2.24) is 4.57 Å². The molecule has 0 amide bonds. The second-order valence-corrected chi connectivity index (χ2v) is 5.80. The Morgan fingerprint density at radius 1 is 1.05 bits per heavy atom. The van der Waals surface area contributed by atoms with E-state index < -0.39 is 0 Å². The van der Waals surface area contributed by atoms with Crippen LogP contribution in [0.25, 0.3) is 23.1 Å². The third kappa shape index (κ3) is 2.69. The molecule has 0 aliphatic carbocycles. The van der Waals surface area contributed by atoms with Crippen LogP contribution in [0.15, 0.2) is 48.8 Å². The highest BCUT2D eigenvalue weighted by Crippen LogP contribution is 2.27. The molecule has 0 bridgehead atoms. The summed E-state index contributed by atoms with van der Waals surface area (Å²) >= 11 is 0. The second kappa shape index (κ2) is 6.18. The molecule has 0 saturated heterocycles. The van der Waals surface area contributed by atoms with E-state index in [4.69, 9.17) is 0 Å². The Labute approximate surface area is 132 Å². The van der Waals surface area contributed by atoms with Crippen LogP contribution < -0.4 is 4.57 Å². The molecule has 0 radical (unpaired) electrons. The Bertz CT molecular complexity index is 808. The van der Waals surface area contributed by atoms with Crippen molar-refractivity contribution in [2.24, 2.45) is 7.05 Å². The Morgan fingerprint density at radius 2 is 1.77 bits per heavy atom. The number of benzene rings is 1. The summed E-state index contributed by atoms with van der Waals surface area (Å²) < 4.78 is 4.48. The lowest BCUT2D eigenvalue weighted by molar-refractivity contribution is -0.671. The molecule has 2 heteroatoms. The third-order valence-corrected chi connectivity index (χ3v) is 4.17. The van der Waals surface area contributed by atoms with Crippen LogP contribution in [-0.2, 0) is 13.6 Å². The molecule has 2 nitrogen and oxygen atoms in total. The summed E-state index contributed by atoms with van der Waals surface area (Å²) in [5.41, 5.74) is 5.24. The van der Waals surface area contributed by atoms with Crippen molar-refractivity contribution in [2.45, 2.75) is 26.8 Å². The maximum Gasteiger partial charge on any atom is 0.169 e. The van der Waals surface area contributed by atoms with Gasteiger partial charge in [0.1, 0.15) is 7.05 Å². The standard InChI is InChI=1S/C20H23N2/c1-4-13-22-16(2)18(19-7-5-6-8-20(19)22)10-9-17-11-14-21(3)15-12-17/h5-12,14-15H,4,13H2,1-3H3/q+1. The van der Waals surface area contributed by atoms with E-state index in [1.807, 2.05) is 7.05 Å². The maximum atomic E-state index is 2.43. The first kappa shape index (κ1) is 14.6. The van der Waals surface area contributed by atoms with Gasteiger partial charge in [-0.2, -0.15) is 0 Å². The van der Waals surface area contributed by atoms with Gasteiger partial charge in [0.05, 0.1) is 0 Å². The molecule has 0 spiro atoms. The Hall–Kier alpha value is -2.35. The molecule has 0 aliphatic heterocycles. The van der Waals surface area contributed by atoms with Crippen LogP contribution in [0.4, 0.5) is 0 Å². The summed E-state index contributed by atoms with van der Waals surface area (Å²) in [4.78, 5) is 0. The highest BCUT2D eigenvalue weighted by Gasteiger charge is 2.10. The van der Waals surface area contributed by atoms with Gasteiger partial charge in [-0.15, -0.1) is 0 Å². The number of para-hydroxylation sites is 1. The van der Waals surface area contributed by atoms with Gasteiger partial charge in [0.25, 0.3) is 0 Å². The van der Waals surface area contributed by atoms with E-state index in [9.17, 15) is 0 Å². The average molecular weight is 291 g/mol. The first-order valence-corrected chi connectivity index (χ1v) is 7.92. The molecule has 2 aromatic heterocycles. The molecule has 0 N–H and O–H groups in total. The first-order valence-electron chi connectivity index (χ1n) is 7.92. The van der Waals surface area contributed by atoms with Gasteiger partial charge in [-0.25, -0.2) is 4.57 Å². The summed E-state index contributed by atoms with van der Waals surface area (Å²) in [5, 5.41) is 1.34. The fourth-order valence-electron chi connectivity index (χ4n) is 2.98. The van der Waals surface area contributed by atoms with Crippen molar-refractivity contribution in [3.63, 3.8) is 0 Å². The predicted octanol–water partition coefficient (Wildman–Crippen LogP) is 4.35. The van der Waals surface area contributed by atoms with Crippen LogP contribution in [0.1, 0.15) is 30.2 Å². The van der Waals surface area contributed by atoms with Gasteiger partial charge in [0.2, 0.25) is 0 Å². The number of rotatable bonds is 4. The molecular weight excluding hydrogens is 268 g/mol. The van der Waals surface area contributed by atoms with Gasteiger partial charge in [-0.1, -0.05) is 37.3 Å². The highest BCUT2D eigenvalue weighted by molar-refractivity contribution is 5.93. The predicted molar refractivity (Wildman–Crippen MR) is 93.5 cm³/mol. The van der Waals surface area contributed by atoms with Crippen molar-refractivity contribution in [1.29, 1.82) is 0 Å². The smallest absolute Gasteiger partial charge is 0.169 e. The van der Waals surface area contributed by atoms with Gasteiger partial charge in [0, 0.05) is 40.8 Å². The minimum absolute atomic E-state index is 1.07. The van der Waals surface area contributed by atoms with Crippen molar-refractivity contribution in [3.8, 4) is 0 Å². The number of aryl methyl sites for hydroxylation is 2. The quantitative estimate of drug-likeness (QED) is 0.632. The van der Waals surface area contributed by atoms with E-state index >= 15 is 0 Å². The molecule has 0 atom stereocenters. The Balaban J connectivity index is 2.06. The lowest BCUT2D eigenvalue weighted by atomic mass is 10.1. The normalized spacial score (nSPS) is 11.6. The summed E-state index contributed by atoms with van der Waals surface area (Å²) in [6.07, 6.45) is 9.75. The molecule has 0 fully saturated rings. The lowest BCUT2D eigenvalue weighted by Gasteiger charge is -2.05. The van der Waals surface area contributed by atoms with Crippen molar-refractivity contribution in [3.05, 3.63) is 65.6 Å². The maximum absolute atomic E-state index is 2.43. The summed E-state index contributed by atoms with van der Waals surface area (Å²) in [6, 6.07) is 13.0. The largest absolute Gasteiger partial charge is 0.344 e. The summed E-state index contributed by atoms with van der Waals surface area (Å²) in [5.74, 6) is 0. The van der Waals surface area contributed by atoms with Crippen LogP contribution in [0.2, 0.25) is 0 Å². The molecule has 0 aliphatic rings. The topological polar surface area (TPSA) is 8.81 Å². The first-order chi connectivity index (χ1) is 10.7. The summed E-state index contributed by atoms with van der Waals surface area (Å²) in [6.45, 7) is 5.52. The van der Waals surface area contributed by atoms with Crippen molar-refractivity contribution in [2.75, 3.05) is 0 Å². The second-order valence-electron chi connectivity index (χ2n) is 5.80. The van der Waals surface area contributed by atoms with Crippen molar-refractivity contribution >= 4 is 23.1 Å². The van der Waals surface area contributed by atoms with Gasteiger partial charge in [-0.3, -0.25) is 0 Å². The van der Waals surface area contributed by atoms with E-state index in [1.54, 1.807) is 0 Å². The van der Waals surface area contributed by atoms with Crippen LogP contribution in [-0.4, -0.2) is 4.57 Å². The van der Waals surface area contributed by atoms with E-state index in [0.717, 1.165) is 13.0 Å². The van der Waals surface area contributed by atoms with Crippen LogP contribution in [0, 0.1) is 6.92 Å². The molecule has 112 valence electrons. The third-order valence-electron chi connectivity index (χ3n) is 4.17. The minimum atomic E-state index is 1.07. The molecule has 2 heterocycles. The minimum Gasteiger partial charge on any atom is -0.344 e. The zero-order chi connectivity index (χ0) is 15.5. The average Bonchev–Trinajstić information content (AvgIpc) is 2.80. The van der Waals surface area contributed by atoms with E-state index in [1.165, 1.54) is 27.7 Å². The molecular formula is C20H23N2+. The molecule has 22 heavy (non-hydrogen) atoms. The zero-order valence-electron chi connectivity index (χ0n) is 13.6. The Kier molecular flexibility index (Phi) is 4.10. The zero-order valence-corrected chi connectivity index (χ0v) is 13.6. The molecule has 0 saturated carbocycles. The number of aromatic nitrogens is 2. The van der Waals surface area contributed by atoms with Gasteiger partial charge in [-0.05, 0) is 25.0 Å². The van der Waals surface area contributed by atoms with E-state index in [2.05, 4.69) is 83.9 Å². The molecule has 0 unspecified atom stereocenters. The van der Waals surface area contributed by atoms with Gasteiger partial charge in [0.15, 0.2) is 12.4 Å². The molecule has 1 aromatic carbocycles. The highest BCUT2D eigenvalue weighted by atomic mass is 15.0. The lowest BCUT2D eigenvalue weighted by Crippen LogP contribution is -2.25. The number of hydrogen-bond donors (Lipinski definition) is 0. The summed E-state index contributed by atoms with van der Waals surface area (Å²) in [7, 11) is 2.04. The van der Waals surface area contributed by atoms with Crippen LogP contribution in [0.3, 0.4) is 0 Å². The van der Waals surface area contributed by atoms with Crippen LogP contribution in [0.5, 0.6) is 0 Å². The van der Waals surface area contributed by atoms with E-state index in [0.29, 0.717) is 0 Å². The number of hydrogen-bond acceptors (Lipinski definition) is 0. The number of nitrogens with zero attached hydrogens (tertiary/aromatic N) is 2. The van der Waals surface area contributed by atoms with E-state index in [-0.39, 0.29) is 0 Å². The van der Waals surface area contributed by atoms with Crippen molar-refractivity contribution < 1.29 is 4.57 Å². The molecule has 3 aromatic rings. The molecule has 3 rings (SSSR count). The number of pyridine rings is 1. The van der Waals surface area contributed by atoms with Gasteiger partial charge < -0.3 is 4.57 Å². The SMILES string of the molecule is CCCn1c(C)c(/C=C/c2cc[n+](C)cc2)c2ccccc21. The fraction of sp³-hybridized carbons (Fsp3) is 0.250. The van der Waals surface area contributed by atoms with Gasteiger partial charge >= 0.3 is 0 Å². The monoisotopic (exact) mass is 291 g/mol. The Morgan fingerprint density at radius 3 is 2.50 bits per heavy atom. The number of fused-ring (bicyclic) bond motifs is 1. The van der Waals surface area contributed by atoms with Crippen LogP contribution >= 0.6 is 0 Å². The fourth-order valence-corrected chi connectivity index (χ4v) is 2.98.